The maximum atomic E-state index is 13.5. The van der Waals surface area contributed by atoms with Crippen LogP contribution in [0.1, 0.15) is 10.4 Å². The predicted molar refractivity (Wildman–Crippen MR) is 65.8 cm³/mol. The second-order valence-electron chi connectivity index (χ2n) is 4.33. The van der Waals surface area contributed by atoms with Crippen molar-refractivity contribution in [3.8, 4) is 0 Å². The smallest absolute Gasteiger partial charge is 0.304 e. The van der Waals surface area contributed by atoms with E-state index in [4.69, 9.17) is 4.74 Å². The third-order valence-electron chi connectivity index (χ3n) is 3.09. The maximum absolute atomic E-state index is 13.5. The zero-order valence-corrected chi connectivity index (χ0v) is 10.5. The Bertz CT molecular complexity index is 537. The second kappa shape index (κ2) is 5.93. The Morgan fingerprint density at radius 3 is 2.95 bits per heavy atom. The van der Waals surface area contributed by atoms with Gasteiger partial charge in [0.1, 0.15) is 0 Å². The van der Waals surface area contributed by atoms with E-state index in [0.717, 1.165) is 12.1 Å². The molecule has 0 bridgehead atoms. The van der Waals surface area contributed by atoms with Crippen molar-refractivity contribution >= 4 is 11.6 Å². The summed E-state index contributed by atoms with van der Waals surface area (Å²) in [5.74, 6) is -1.55. The lowest BCUT2D eigenvalue weighted by atomic mass is 10.1. The van der Waals surface area contributed by atoms with Crippen LogP contribution in [0.5, 0.6) is 0 Å². The Hall–Kier alpha value is -2.06. The molecule has 108 valence electrons. The average molecular weight is 284 g/mol. The number of nitrogens with zero attached hydrogens (tertiary/aromatic N) is 2. The van der Waals surface area contributed by atoms with Gasteiger partial charge >= 0.3 is 5.69 Å². The van der Waals surface area contributed by atoms with Gasteiger partial charge in [-0.15, -0.1) is 0 Å². The van der Waals surface area contributed by atoms with E-state index in [-0.39, 0.29) is 25.3 Å². The molecule has 1 unspecified atom stereocenters. The Morgan fingerprint density at radius 2 is 2.35 bits per heavy atom. The van der Waals surface area contributed by atoms with Gasteiger partial charge in [-0.25, -0.2) is 0 Å². The van der Waals surface area contributed by atoms with Crippen LogP contribution in [0.4, 0.5) is 10.1 Å². The molecule has 1 fully saturated rings. The van der Waals surface area contributed by atoms with Gasteiger partial charge in [0.05, 0.1) is 30.8 Å². The number of hydrogen-bond donors (Lipinski definition) is 1. The molecule has 0 saturated carbocycles. The lowest BCUT2D eigenvalue weighted by Crippen LogP contribution is -2.50. The summed E-state index contributed by atoms with van der Waals surface area (Å²) in [6.07, 6.45) is 0. The Balaban J connectivity index is 2.24. The van der Waals surface area contributed by atoms with Gasteiger partial charge in [0, 0.05) is 18.2 Å². The Kier molecular flexibility index (Phi) is 4.26. The highest BCUT2D eigenvalue weighted by molar-refractivity contribution is 5.94. The first-order chi connectivity index (χ1) is 9.54. The summed E-state index contributed by atoms with van der Waals surface area (Å²) in [5.41, 5.74) is -0.671. The number of carbonyl (C=O) groups is 1. The van der Waals surface area contributed by atoms with Crippen molar-refractivity contribution in [3.05, 3.63) is 39.7 Å². The Labute approximate surface area is 113 Å². The molecule has 0 radical (unpaired) electrons. The van der Waals surface area contributed by atoms with Crippen molar-refractivity contribution in [1.29, 1.82) is 0 Å². The maximum Gasteiger partial charge on any atom is 0.304 e. The molecule has 2 rings (SSSR count). The summed E-state index contributed by atoms with van der Waals surface area (Å²) < 4.78 is 18.7. The molecule has 1 aliphatic rings. The van der Waals surface area contributed by atoms with Crippen LogP contribution < -0.4 is 0 Å². The summed E-state index contributed by atoms with van der Waals surface area (Å²) in [6.45, 7) is 0.555. The van der Waals surface area contributed by atoms with Crippen LogP contribution in [0.15, 0.2) is 18.2 Å². The highest BCUT2D eigenvalue weighted by Crippen LogP contribution is 2.20. The molecular weight excluding hydrogens is 271 g/mol. The van der Waals surface area contributed by atoms with Crippen LogP contribution in [0.3, 0.4) is 0 Å². The number of ether oxygens (including phenoxy) is 1. The standard InChI is InChI=1S/C12H13FN2O5/c13-10-5-8(1-2-11(10)15(18)19)12(17)14-3-4-20-7-9(14)6-16/h1-2,5,9,16H,3-4,6-7H2. The molecular formula is C12H13FN2O5. The zero-order valence-electron chi connectivity index (χ0n) is 10.5. The largest absolute Gasteiger partial charge is 0.394 e. The van der Waals surface area contributed by atoms with Crippen molar-refractivity contribution in [1.82, 2.24) is 4.90 Å². The molecule has 20 heavy (non-hydrogen) atoms. The summed E-state index contributed by atoms with van der Waals surface area (Å²) in [6, 6.07) is 2.50. The third-order valence-corrected chi connectivity index (χ3v) is 3.09. The van der Waals surface area contributed by atoms with Crippen molar-refractivity contribution in [2.75, 3.05) is 26.4 Å². The van der Waals surface area contributed by atoms with E-state index in [1.54, 1.807) is 0 Å². The van der Waals surface area contributed by atoms with Gasteiger partial charge in [-0.2, -0.15) is 4.39 Å². The fourth-order valence-corrected chi connectivity index (χ4v) is 2.03. The van der Waals surface area contributed by atoms with Gasteiger partial charge in [-0.3, -0.25) is 14.9 Å². The molecule has 0 spiro atoms. The molecule has 7 nitrogen and oxygen atoms in total. The molecule has 1 N–H and O–H groups in total. The first-order valence-electron chi connectivity index (χ1n) is 5.98. The normalized spacial score (nSPS) is 18.9. The summed E-state index contributed by atoms with van der Waals surface area (Å²) >= 11 is 0. The van der Waals surface area contributed by atoms with E-state index in [1.165, 1.54) is 11.0 Å². The minimum absolute atomic E-state index is 0.00782. The van der Waals surface area contributed by atoms with Crippen molar-refractivity contribution in [2.45, 2.75) is 6.04 Å². The number of nitro benzene ring substituents is 1. The van der Waals surface area contributed by atoms with Crippen LogP contribution in [0.25, 0.3) is 0 Å². The van der Waals surface area contributed by atoms with Gasteiger partial charge in [0.25, 0.3) is 5.91 Å². The number of morpholine rings is 1. The zero-order chi connectivity index (χ0) is 14.7. The van der Waals surface area contributed by atoms with Crippen LogP contribution in [0, 0.1) is 15.9 Å². The first-order valence-corrected chi connectivity index (χ1v) is 5.98. The molecule has 0 aliphatic carbocycles. The summed E-state index contributed by atoms with van der Waals surface area (Å²) in [7, 11) is 0. The van der Waals surface area contributed by atoms with Gasteiger partial charge < -0.3 is 14.7 Å². The van der Waals surface area contributed by atoms with E-state index in [1.807, 2.05) is 0 Å². The first kappa shape index (κ1) is 14.4. The highest BCUT2D eigenvalue weighted by Gasteiger charge is 2.28. The predicted octanol–water partition coefficient (Wildman–Crippen LogP) is 0.567. The van der Waals surface area contributed by atoms with E-state index < -0.39 is 28.4 Å². The molecule has 1 aromatic carbocycles. The molecule has 1 heterocycles. The van der Waals surface area contributed by atoms with E-state index in [9.17, 15) is 24.4 Å². The average Bonchev–Trinajstić information content (AvgIpc) is 2.45. The fourth-order valence-electron chi connectivity index (χ4n) is 2.03. The van der Waals surface area contributed by atoms with Crippen LogP contribution in [0.2, 0.25) is 0 Å². The number of halogens is 1. The van der Waals surface area contributed by atoms with Gasteiger partial charge in [0.2, 0.25) is 5.82 Å². The lowest BCUT2D eigenvalue weighted by Gasteiger charge is -2.34. The number of nitro groups is 1. The molecule has 1 amide bonds. The Morgan fingerprint density at radius 1 is 1.60 bits per heavy atom. The van der Waals surface area contributed by atoms with Crippen molar-refractivity contribution in [2.24, 2.45) is 0 Å². The third kappa shape index (κ3) is 2.75. The van der Waals surface area contributed by atoms with Gasteiger partial charge in [-0.1, -0.05) is 0 Å². The minimum Gasteiger partial charge on any atom is -0.394 e. The number of hydrogen-bond acceptors (Lipinski definition) is 5. The van der Waals surface area contributed by atoms with E-state index in [0.29, 0.717) is 6.61 Å². The molecule has 0 aromatic heterocycles. The SMILES string of the molecule is O=C(c1ccc([N+](=O)[O-])c(F)c1)N1CCOCC1CO. The van der Waals surface area contributed by atoms with E-state index >= 15 is 0 Å². The van der Waals surface area contributed by atoms with E-state index in [2.05, 4.69) is 0 Å². The monoisotopic (exact) mass is 284 g/mol. The highest BCUT2D eigenvalue weighted by atomic mass is 19.1. The van der Waals surface area contributed by atoms with Gasteiger partial charge in [0.15, 0.2) is 0 Å². The lowest BCUT2D eigenvalue weighted by molar-refractivity contribution is -0.387. The number of amides is 1. The summed E-state index contributed by atoms with van der Waals surface area (Å²) in [5, 5.41) is 19.7. The van der Waals surface area contributed by atoms with Crippen LogP contribution >= 0.6 is 0 Å². The summed E-state index contributed by atoms with van der Waals surface area (Å²) in [4.78, 5) is 23.3. The van der Waals surface area contributed by atoms with Crippen LogP contribution in [-0.2, 0) is 4.74 Å². The van der Waals surface area contributed by atoms with Crippen molar-refractivity contribution in [3.63, 3.8) is 0 Å². The minimum atomic E-state index is -1.06. The molecule has 1 atom stereocenters. The van der Waals surface area contributed by atoms with Crippen molar-refractivity contribution < 1.29 is 24.0 Å². The number of carbonyl (C=O) groups excluding carboxylic acids is 1. The van der Waals surface area contributed by atoms with Gasteiger partial charge in [-0.05, 0) is 12.1 Å². The topological polar surface area (TPSA) is 92.9 Å². The molecule has 1 aromatic rings. The number of aliphatic hydroxyl groups is 1. The quantitative estimate of drug-likeness (QED) is 0.647. The van der Waals surface area contributed by atoms with Crippen LogP contribution in [-0.4, -0.2) is 53.2 Å². The molecule has 1 aliphatic heterocycles. The second-order valence-corrected chi connectivity index (χ2v) is 4.33. The molecule has 1 saturated heterocycles. The number of rotatable bonds is 3. The number of aliphatic hydroxyl groups excluding tert-OH is 1. The number of benzene rings is 1. The molecule has 8 heteroatoms. The fraction of sp³-hybridized carbons (Fsp3) is 0.417.